The van der Waals surface area contributed by atoms with Gasteiger partial charge in [0.25, 0.3) is 5.91 Å². The number of nitrogens with zero attached hydrogens (tertiary/aromatic N) is 2. The molecule has 1 amide bonds. The maximum absolute atomic E-state index is 12.8. The fourth-order valence-electron chi connectivity index (χ4n) is 2.12. The van der Waals surface area contributed by atoms with Crippen molar-refractivity contribution in [1.29, 1.82) is 0 Å². The van der Waals surface area contributed by atoms with E-state index in [0.29, 0.717) is 22.9 Å². The molecule has 1 heterocycles. The number of aromatic nitrogens is 1. The summed E-state index contributed by atoms with van der Waals surface area (Å²) in [5, 5.41) is 2.32. The normalized spacial score (nSPS) is 10.5. The van der Waals surface area contributed by atoms with Gasteiger partial charge in [-0.05, 0) is 38.1 Å². The molecule has 2 aromatic rings. The number of hydrogen-bond donors (Lipinski definition) is 0. The van der Waals surface area contributed by atoms with Crippen LogP contribution in [0.1, 0.15) is 39.7 Å². The maximum atomic E-state index is 12.8. The summed E-state index contributed by atoms with van der Waals surface area (Å²) in [7, 11) is 2.90. The Hall–Kier alpha value is -2.41. The molecule has 7 heteroatoms. The lowest BCUT2D eigenvalue weighted by atomic mass is 10.1. The molecule has 0 saturated heterocycles. The second-order valence-corrected chi connectivity index (χ2v) is 6.32. The van der Waals surface area contributed by atoms with E-state index in [4.69, 9.17) is 4.74 Å². The molecule has 0 unspecified atom stereocenters. The minimum Gasteiger partial charge on any atom is -0.497 e. The van der Waals surface area contributed by atoms with Gasteiger partial charge in [0.15, 0.2) is 5.69 Å². The van der Waals surface area contributed by atoms with Gasteiger partial charge in [0.05, 0.1) is 20.8 Å². The first kappa shape index (κ1) is 17.9. The standard InChI is InChI=1S/C17H20N2O4S/c1-11(2)19(9-15-18-14(10-24-15)17(21)23-4)16(20)12-5-7-13(22-3)8-6-12/h5-8,10-11H,9H2,1-4H3. The van der Waals surface area contributed by atoms with Crippen molar-refractivity contribution in [1.82, 2.24) is 9.88 Å². The molecule has 1 aromatic carbocycles. The average molecular weight is 348 g/mol. The van der Waals surface area contributed by atoms with Crippen LogP contribution in [0.3, 0.4) is 0 Å². The van der Waals surface area contributed by atoms with Crippen molar-refractivity contribution in [2.24, 2.45) is 0 Å². The van der Waals surface area contributed by atoms with Gasteiger partial charge in [-0.15, -0.1) is 11.3 Å². The number of carbonyl (C=O) groups excluding carboxylic acids is 2. The zero-order valence-corrected chi connectivity index (χ0v) is 14.9. The molecule has 1 aromatic heterocycles. The molecule has 0 aliphatic carbocycles. The van der Waals surface area contributed by atoms with Gasteiger partial charge in [0, 0.05) is 17.0 Å². The highest BCUT2D eigenvalue weighted by molar-refractivity contribution is 7.09. The summed E-state index contributed by atoms with van der Waals surface area (Å²) in [6, 6.07) is 6.97. The first-order valence-corrected chi connectivity index (χ1v) is 8.32. The zero-order valence-electron chi connectivity index (χ0n) is 14.1. The smallest absolute Gasteiger partial charge is 0.357 e. The third-order valence-corrected chi connectivity index (χ3v) is 4.31. The molecular weight excluding hydrogens is 328 g/mol. The van der Waals surface area contributed by atoms with Gasteiger partial charge in [0.1, 0.15) is 10.8 Å². The van der Waals surface area contributed by atoms with Crippen LogP contribution in [0.5, 0.6) is 5.75 Å². The predicted molar refractivity (Wildman–Crippen MR) is 91.5 cm³/mol. The molecule has 0 N–H and O–H groups in total. The molecule has 0 saturated carbocycles. The second-order valence-electron chi connectivity index (χ2n) is 5.37. The molecule has 2 rings (SSSR count). The molecular formula is C17H20N2O4S. The van der Waals surface area contributed by atoms with Crippen molar-refractivity contribution in [2.45, 2.75) is 26.4 Å². The fraction of sp³-hybridized carbons (Fsp3) is 0.353. The molecule has 0 fully saturated rings. The number of amides is 1. The molecule has 0 radical (unpaired) electrons. The lowest BCUT2D eigenvalue weighted by molar-refractivity contribution is 0.0594. The molecule has 0 bridgehead atoms. The Morgan fingerprint density at radius 3 is 2.42 bits per heavy atom. The van der Waals surface area contributed by atoms with Crippen molar-refractivity contribution in [2.75, 3.05) is 14.2 Å². The molecule has 6 nitrogen and oxygen atoms in total. The highest BCUT2D eigenvalue weighted by Crippen LogP contribution is 2.19. The van der Waals surface area contributed by atoms with Crippen LogP contribution in [0.25, 0.3) is 0 Å². The van der Waals surface area contributed by atoms with Crippen LogP contribution >= 0.6 is 11.3 Å². The first-order valence-electron chi connectivity index (χ1n) is 7.44. The molecule has 0 aliphatic rings. The predicted octanol–water partition coefficient (Wildman–Crippen LogP) is 2.99. The molecule has 24 heavy (non-hydrogen) atoms. The number of ether oxygens (including phenoxy) is 2. The topological polar surface area (TPSA) is 68.7 Å². The van der Waals surface area contributed by atoms with E-state index < -0.39 is 5.97 Å². The van der Waals surface area contributed by atoms with Crippen molar-refractivity contribution >= 4 is 23.2 Å². The number of thiazole rings is 1. The summed E-state index contributed by atoms with van der Waals surface area (Å²) < 4.78 is 9.76. The van der Waals surface area contributed by atoms with Crippen molar-refractivity contribution in [3.63, 3.8) is 0 Å². The molecule has 0 aliphatic heterocycles. The Bertz CT molecular complexity index is 710. The highest BCUT2D eigenvalue weighted by atomic mass is 32.1. The van der Waals surface area contributed by atoms with Gasteiger partial charge in [-0.3, -0.25) is 4.79 Å². The van der Waals surface area contributed by atoms with Crippen molar-refractivity contribution < 1.29 is 19.1 Å². The highest BCUT2D eigenvalue weighted by Gasteiger charge is 2.21. The SMILES string of the molecule is COC(=O)c1csc(CN(C(=O)c2ccc(OC)cc2)C(C)C)n1. The number of methoxy groups -OCH3 is 2. The van der Waals surface area contributed by atoms with Crippen LogP contribution in [0.15, 0.2) is 29.6 Å². The van der Waals surface area contributed by atoms with E-state index in [1.54, 1.807) is 41.7 Å². The minimum atomic E-state index is -0.477. The largest absolute Gasteiger partial charge is 0.497 e. The number of hydrogen-bond acceptors (Lipinski definition) is 6. The number of esters is 1. The van der Waals surface area contributed by atoms with E-state index in [9.17, 15) is 9.59 Å². The third-order valence-electron chi connectivity index (χ3n) is 3.47. The van der Waals surface area contributed by atoms with E-state index >= 15 is 0 Å². The monoisotopic (exact) mass is 348 g/mol. The third kappa shape index (κ3) is 4.11. The molecule has 128 valence electrons. The lowest BCUT2D eigenvalue weighted by Crippen LogP contribution is -2.36. The van der Waals surface area contributed by atoms with Gasteiger partial charge in [-0.1, -0.05) is 0 Å². The Labute approximate surface area is 145 Å². The van der Waals surface area contributed by atoms with Crippen molar-refractivity contribution in [3.05, 3.63) is 45.9 Å². The van der Waals surface area contributed by atoms with E-state index in [0.717, 1.165) is 0 Å². The summed E-state index contributed by atoms with van der Waals surface area (Å²) in [4.78, 5) is 30.2. The molecule has 0 spiro atoms. The summed E-state index contributed by atoms with van der Waals surface area (Å²) in [6.07, 6.45) is 0. The van der Waals surface area contributed by atoms with Gasteiger partial charge in [0.2, 0.25) is 0 Å². The van der Waals surface area contributed by atoms with E-state index in [2.05, 4.69) is 9.72 Å². The van der Waals surface area contributed by atoms with Crippen LogP contribution in [0.2, 0.25) is 0 Å². The maximum Gasteiger partial charge on any atom is 0.357 e. The number of benzene rings is 1. The summed E-state index contributed by atoms with van der Waals surface area (Å²) in [5.41, 5.74) is 0.840. The van der Waals surface area contributed by atoms with Crippen LogP contribution in [0, 0.1) is 0 Å². The first-order chi connectivity index (χ1) is 11.5. The van der Waals surface area contributed by atoms with Crippen LogP contribution in [0.4, 0.5) is 0 Å². The van der Waals surface area contributed by atoms with Gasteiger partial charge < -0.3 is 14.4 Å². The second kappa shape index (κ2) is 7.92. The van der Waals surface area contributed by atoms with Crippen LogP contribution < -0.4 is 4.74 Å². The van der Waals surface area contributed by atoms with Gasteiger partial charge in [-0.2, -0.15) is 0 Å². The van der Waals surface area contributed by atoms with Crippen molar-refractivity contribution in [3.8, 4) is 5.75 Å². The number of carbonyl (C=O) groups is 2. The Morgan fingerprint density at radius 2 is 1.88 bits per heavy atom. The summed E-state index contributed by atoms with van der Waals surface area (Å²) >= 11 is 1.33. The lowest BCUT2D eigenvalue weighted by Gasteiger charge is -2.26. The van der Waals surface area contributed by atoms with Gasteiger partial charge in [-0.25, -0.2) is 9.78 Å². The average Bonchev–Trinajstić information content (AvgIpc) is 3.07. The Balaban J connectivity index is 2.17. The van der Waals surface area contributed by atoms with E-state index in [1.165, 1.54) is 18.4 Å². The van der Waals surface area contributed by atoms with Crippen LogP contribution in [-0.2, 0) is 11.3 Å². The van der Waals surface area contributed by atoms with Gasteiger partial charge >= 0.3 is 5.97 Å². The quantitative estimate of drug-likeness (QED) is 0.751. The number of rotatable bonds is 6. The fourth-order valence-corrected chi connectivity index (χ4v) is 2.88. The summed E-state index contributed by atoms with van der Waals surface area (Å²) in [6.45, 7) is 4.22. The minimum absolute atomic E-state index is 0.00919. The molecule has 0 atom stereocenters. The van der Waals surface area contributed by atoms with E-state index in [-0.39, 0.29) is 17.6 Å². The zero-order chi connectivity index (χ0) is 17.7. The Morgan fingerprint density at radius 1 is 1.21 bits per heavy atom. The van der Waals surface area contributed by atoms with Crippen LogP contribution in [-0.4, -0.2) is 42.0 Å². The Kier molecular flexibility index (Phi) is 5.92. The van der Waals surface area contributed by atoms with E-state index in [1.807, 2.05) is 13.8 Å². The summed E-state index contributed by atoms with van der Waals surface area (Å²) in [5.74, 6) is 0.128.